The predicted octanol–water partition coefficient (Wildman–Crippen LogP) is 6.58. The molecule has 1 aromatic heterocycles. The van der Waals surface area contributed by atoms with Crippen molar-refractivity contribution in [2.75, 3.05) is 24.3 Å². The number of nitrogens with zero attached hydrogens (tertiary/aromatic N) is 2. The van der Waals surface area contributed by atoms with E-state index < -0.39 is 24.0 Å². The highest BCUT2D eigenvalue weighted by molar-refractivity contribution is 6.32. The molecule has 13 heteroatoms. The van der Waals surface area contributed by atoms with Crippen LogP contribution in [0.5, 0.6) is 0 Å². The molecule has 5 rings (SSSR count). The summed E-state index contributed by atoms with van der Waals surface area (Å²) in [5, 5.41) is 8.56. The fraction of sp³-hybridized carbons (Fsp3) is 0.286. The van der Waals surface area contributed by atoms with Gasteiger partial charge in [-0.3, -0.25) is 10.1 Å². The second kappa shape index (κ2) is 12.2. The highest BCUT2D eigenvalue weighted by atomic mass is 35.5. The van der Waals surface area contributed by atoms with Crippen LogP contribution in [0.1, 0.15) is 49.2 Å². The van der Waals surface area contributed by atoms with E-state index in [0.29, 0.717) is 59.8 Å². The number of H-pyrrole nitrogens is 1. The molecular weight excluding hydrogens is 574 g/mol. The van der Waals surface area contributed by atoms with Crippen molar-refractivity contribution in [1.29, 1.82) is 0 Å². The molecule has 2 aliphatic rings. The summed E-state index contributed by atoms with van der Waals surface area (Å²) < 4.78 is 19.3. The van der Waals surface area contributed by atoms with Gasteiger partial charge >= 0.3 is 12.1 Å². The Balaban J connectivity index is 1.47. The molecule has 41 heavy (non-hydrogen) atoms. The second-order valence-corrected chi connectivity index (χ2v) is 10.4. The number of nitrogens with one attached hydrogen (secondary N) is 4. The number of amides is 4. The lowest BCUT2D eigenvalue weighted by atomic mass is 10.00. The standard InChI is InChI=1S/C28H27Cl2FN6O4/c1-41-28(40)32-15-10-11-17-20(14-15)33-22(38)9-4-2-3-8-21(26-35-24(17)25(30)36-26)37-13-12-19(34-27(37)39)16-6-5-7-18(29)23(16)31/h2-3,5-7,10-11,14,19,21H,4,8-9,12-13H2,1H3,(H,32,40)(H,33,38)(H,34,39)(H,35,36). The topological polar surface area (TPSA) is 128 Å². The maximum atomic E-state index is 14.7. The predicted molar refractivity (Wildman–Crippen MR) is 153 cm³/mol. The molecular formula is C28H27Cl2FN6O4. The van der Waals surface area contributed by atoms with Crippen molar-refractivity contribution in [3.8, 4) is 11.3 Å². The molecule has 0 aliphatic carbocycles. The summed E-state index contributed by atoms with van der Waals surface area (Å²) in [5.74, 6) is -0.332. The molecule has 3 aromatic rings. The van der Waals surface area contributed by atoms with Gasteiger partial charge in [-0.05, 0) is 43.5 Å². The van der Waals surface area contributed by atoms with Crippen LogP contribution in [0.4, 0.5) is 25.4 Å². The number of methoxy groups -OCH3 is 1. The third kappa shape index (κ3) is 6.15. The zero-order chi connectivity index (χ0) is 29.1. The summed E-state index contributed by atoms with van der Waals surface area (Å²) >= 11 is 12.6. The second-order valence-electron chi connectivity index (χ2n) is 9.60. The number of hydrogen-bond acceptors (Lipinski definition) is 5. The highest BCUT2D eigenvalue weighted by Crippen LogP contribution is 2.38. The van der Waals surface area contributed by atoms with Crippen LogP contribution in [0.2, 0.25) is 10.2 Å². The van der Waals surface area contributed by atoms with Crippen LogP contribution in [0.3, 0.4) is 0 Å². The summed E-state index contributed by atoms with van der Waals surface area (Å²) in [6.45, 7) is 0.327. The molecule has 0 radical (unpaired) electrons. The molecule has 214 valence electrons. The molecule has 10 nitrogen and oxygen atoms in total. The molecule has 3 heterocycles. The van der Waals surface area contributed by atoms with Crippen molar-refractivity contribution >= 4 is 52.6 Å². The molecule has 2 aliphatic heterocycles. The van der Waals surface area contributed by atoms with Crippen LogP contribution in [0.25, 0.3) is 11.3 Å². The first-order valence-corrected chi connectivity index (χ1v) is 13.7. The van der Waals surface area contributed by atoms with Crippen molar-refractivity contribution in [2.24, 2.45) is 0 Å². The number of ether oxygens (including phenoxy) is 1. The number of carbonyl (C=O) groups excluding carboxylic acids is 3. The van der Waals surface area contributed by atoms with Gasteiger partial charge in [0.2, 0.25) is 5.91 Å². The highest BCUT2D eigenvalue weighted by Gasteiger charge is 2.34. The first kappa shape index (κ1) is 28.4. The normalized spacial score (nSPS) is 19.2. The minimum Gasteiger partial charge on any atom is -0.453 e. The number of rotatable bonds is 3. The fourth-order valence-corrected chi connectivity index (χ4v) is 5.38. The van der Waals surface area contributed by atoms with Crippen molar-refractivity contribution in [2.45, 2.75) is 37.8 Å². The van der Waals surface area contributed by atoms with Crippen LogP contribution < -0.4 is 16.0 Å². The lowest BCUT2D eigenvalue weighted by Crippen LogP contribution is -2.49. The fourth-order valence-electron chi connectivity index (χ4n) is 4.96. The maximum Gasteiger partial charge on any atom is 0.411 e. The number of aromatic amines is 1. The van der Waals surface area contributed by atoms with Gasteiger partial charge in [0.1, 0.15) is 22.5 Å². The number of urea groups is 1. The summed E-state index contributed by atoms with van der Waals surface area (Å²) in [5.41, 5.74) is 2.02. The van der Waals surface area contributed by atoms with Crippen molar-refractivity contribution < 1.29 is 23.5 Å². The largest absolute Gasteiger partial charge is 0.453 e. The number of carbonyl (C=O) groups is 3. The van der Waals surface area contributed by atoms with E-state index in [1.807, 2.05) is 12.2 Å². The number of hydrogen-bond donors (Lipinski definition) is 4. The van der Waals surface area contributed by atoms with E-state index in [1.165, 1.54) is 13.2 Å². The molecule has 1 saturated heterocycles. The monoisotopic (exact) mass is 600 g/mol. The van der Waals surface area contributed by atoms with E-state index >= 15 is 0 Å². The lowest BCUT2D eigenvalue weighted by Gasteiger charge is -2.37. The quantitative estimate of drug-likeness (QED) is 0.252. The van der Waals surface area contributed by atoms with Crippen LogP contribution in [0, 0.1) is 5.82 Å². The maximum absolute atomic E-state index is 14.7. The molecule has 2 atom stereocenters. The van der Waals surface area contributed by atoms with Gasteiger partial charge in [-0.15, -0.1) is 0 Å². The number of allylic oxidation sites excluding steroid dienone is 1. The van der Waals surface area contributed by atoms with Gasteiger partial charge in [0.05, 0.1) is 29.9 Å². The average Bonchev–Trinajstić information content (AvgIpc) is 3.33. The molecule has 2 aromatic carbocycles. The van der Waals surface area contributed by atoms with Gasteiger partial charge in [-0.25, -0.2) is 19.0 Å². The van der Waals surface area contributed by atoms with Crippen molar-refractivity contribution in [3.05, 3.63) is 75.9 Å². The summed E-state index contributed by atoms with van der Waals surface area (Å²) in [6, 6.07) is 8.20. The lowest BCUT2D eigenvalue weighted by molar-refractivity contribution is -0.116. The molecule has 0 spiro atoms. The van der Waals surface area contributed by atoms with Gasteiger partial charge in [0.25, 0.3) is 0 Å². The number of aromatic nitrogens is 2. The Kier molecular flexibility index (Phi) is 8.46. The molecule has 0 saturated carbocycles. The number of anilines is 2. The van der Waals surface area contributed by atoms with Gasteiger partial charge in [0, 0.05) is 29.8 Å². The summed E-state index contributed by atoms with van der Waals surface area (Å²) in [7, 11) is 1.25. The third-order valence-corrected chi connectivity index (χ3v) is 7.55. The number of imidazole rings is 1. The van der Waals surface area contributed by atoms with Crippen LogP contribution >= 0.6 is 23.2 Å². The van der Waals surface area contributed by atoms with Gasteiger partial charge < -0.3 is 25.3 Å². The van der Waals surface area contributed by atoms with Crippen LogP contribution in [-0.4, -0.2) is 46.6 Å². The van der Waals surface area contributed by atoms with E-state index in [1.54, 1.807) is 35.2 Å². The van der Waals surface area contributed by atoms with Crippen molar-refractivity contribution in [3.63, 3.8) is 0 Å². The summed E-state index contributed by atoms with van der Waals surface area (Å²) in [4.78, 5) is 47.3. The Bertz CT molecular complexity index is 1530. The molecule has 4 N–H and O–H groups in total. The van der Waals surface area contributed by atoms with Gasteiger partial charge in [0.15, 0.2) is 0 Å². The number of benzene rings is 2. The minimum atomic E-state index is -0.658. The van der Waals surface area contributed by atoms with E-state index in [2.05, 4.69) is 25.7 Å². The Morgan fingerprint density at radius 3 is 2.80 bits per heavy atom. The summed E-state index contributed by atoms with van der Waals surface area (Å²) in [6.07, 6.45) is 4.65. The Hall–Kier alpha value is -4.09. The van der Waals surface area contributed by atoms with E-state index in [9.17, 15) is 18.8 Å². The van der Waals surface area contributed by atoms with Gasteiger partial charge in [-0.2, -0.15) is 0 Å². The zero-order valence-electron chi connectivity index (χ0n) is 22.0. The van der Waals surface area contributed by atoms with Crippen molar-refractivity contribution in [1.82, 2.24) is 20.2 Å². The number of halogens is 3. The minimum absolute atomic E-state index is 0.00115. The Morgan fingerprint density at radius 2 is 2.02 bits per heavy atom. The average molecular weight is 601 g/mol. The van der Waals surface area contributed by atoms with Crippen LogP contribution in [0.15, 0.2) is 48.6 Å². The van der Waals surface area contributed by atoms with E-state index in [0.717, 1.165) is 0 Å². The Morgan fingerprint density at radius 1 is 1.20 bits per heavy atom. The van der Waals surface area contributed by atoms with Crippen LogP contribution in [-0.2, 0) is 9.53 Å². The first-order chi connectivity index (χ1) is 19.7. The smallest absolute Gasteiger partial charge is 0.411 e. The SMILES string of the molecule is COC(=O)Nc1ccc2c(c1)NC(=O)CCC=CCC(N1CCC(c3cccc(Cl)c3F)NC1=O)c1nc-2c(Cl)[nH]1. The molecule has 2 bridgehead atoms. The van der Waals surface area contributed by atoms with Gasteiger partial charge in [-0.1, -0.05) is 47.5 Å². The molecule has 2 unspecified atom stereocenters. The zero-order valence-corrected chi connectivity index (χ0v) is 23.5. The number of fused-ring (bicyclic) bond motifs is 4. The van der Waals surface area contributed by atoms with E-state index in [4.69, 9.17) is 28.2 Å². The Labute approximate surface area is 245 Å². The molecule has 1 fully saturated rings. The third-order valence-electron chi connectivity index (χ3n) is 6.99. The first-order valence-electron chi connectivity index (χ1n) is 13.0. The van der Waals surface area contributed by atoms with E-state index in [-0.39, 0.29) is 28.5 Å². The molecule has 4 amide bonds.